The van der Waals surface area contributed by atoms with Gasteiger partial charge in [0, 0.05) is 5.33 Å². The van der Waals surface area contributed by atoms with Gasteiger partial charge in [-0.2, -0.15) is 0 Å². The molecule has 0 aliphatic carbocycles. The summed E-state index contributed by atoms with van der Waals surface area (Å²) in [7, 11) is 0. The molecule has 0 N–H and O–H groups in total. The van der Waals surface area contributed by atoms with Gasteiger partial charge in [0.25, 0.3) is 0 Å². The van der Waals surface area contributed by atoms with Gasteiger partial charge in [0.2, 0.25) is 0 Å². The summed E-state index contributed by atoms with van der Waals surface area (Å²) in [5.41, 5.74) is 0. The first-order valence-corrected chi connectivity index (χ1v) is 11.4. The summed E-state index contributed by atoms with van der Waals surface area (Å²) in [6.07, 6.45) is 31.6. The fourth-order valence-electron chi connectivity index (χ4n) is 2.87. The molecule has 0 aliphatic heterocycles. The highest BCUT2D eigenvalue weighted by Gasteiger charge is 1.91. The van der Waals surface area contributed by atoms with Crippen LogP contribution < -0.4 is 0 Å². The van der Waals surface area contributed by atoms with Crippen LogP contribution in [0.2, 0.25) is 0 Å². The van der Waals surface area contributed by atoms with Crippen LogP contribution in [0.3, 0.4) is 0 Å². The van der Waals surface area contributed by atoms with E-state index in [-0.39, 0.29) is 0 Å². The molecule has 136 valence electrons. The van der Waals surface area contributed by atoms with Gasteiger partial charge in [0.15, 0.2) is 0 Å². The molecule has 0 bridgehead atoms. The number of alkyl halides is 1. The van der Waals surface area contributed by atoms with Gasteiger partial charge in [-0.25, -0.2) is 0 Å². The van der Waals surface area contributed by atoms with E-state index in [1.165, 1.54) is 103 Å². The zero-order chi connectivity index (χ0) is 16.8. The summed E-state index contributed by atoms with van der Waals surface area (Å²) < 4.78 is 0. The maximum atomic E-state index is 3.41. The van der Waals surface area contributed by atoms with Crippen LogP contribution in [-0.2, 0) is 0 Å². The van der Waals surface area contributed by atoms with E-state index in [2.05, 4.69) is 47.2 Å². The van der Waals surface area contributed by atoms with Crippen LogP contribution >= 0.6 is 15.9 Å². The van der Waals surface area contributed by atoms with Crippen LogP contribution in [0.25, 0.3) is 0 Å². The van der Waals surface area contributed by atoms with Gasteiger partial charge >= 0.3 is 0 Å². The quantitative estimate of drug-likeness (QED) is 0.126. The summed E-state index contributed by atoms with van der Waals surface area (Å²) >= 11 is 3.41. The molecule has 0 nitrogen and oxygen atoms in total. The van der Waals surface area contributed by atoms with Gasteiger partial charge in [0.05, 0.1) is 0 Å². The molecule has 0 unspecified atom stereocenters. The third kappa shape index (κ3) is 22.0. The van der Waals surface area contributed by atoms with Gasteiger partial charge in [-0.15, -0.1) is 0 Å². The number of halogens is 1. The van der Waals surface area contributed by atoms with Gasteiger partial charge in [0.1, 0.15) is 0 Å². The Hall–Kier alpha value is -0.0400. The lowest BCUT2D eigenvalue weighted by atomic mass is 10.1. The van der Waals surface area contributed by atoms with Crippen molar-refractivity contribution in [3.05, 3.63) is 24.3 Å². The third-order valence-electron chi connectivity index (χ3n) is 4.39. The molecule has 0 radical (unpaired) electrons. The van der Waals surface area contributed by atoms with Gasteiger partial charge < -0.3 is 0 Å². The minimum Gasteiger partial charge on any atom is -0.0885 e. The fraction of sp³-hybridized carbons (Fsp3) is 0.818. The molecule has 0 amide bonds. The van der Waals surface area contributed by atoms with Crippen molar-refractivity contribution < 1.29 is 0 Å². The van der Waals surface area contributed by atoms with Crippen molar-refractivity contribution >= 4 is 15.9 Å². The first-order chi connectivity index (χ1) is 11.4. The highest BCUT2D eigenvalue weighted by Crippen LogP contribution is 2.11. The zero-order valence-corrected chi connectivity index (χ0v) is 17.3. The average Bonchev–Trinajstić information content (AvgIpc) is 2.57. The maximum absolute atomic E-state index is 3.41. The number of unbranched alkanes of at least 4 members (excludes halogenated alkanes) is 14. The van der Waals surface area contributed by atoms with E-state index in [1.54, 1.807) is 0 Å². The molecule has 0 atom stereocenters. The molecule has 0 aromatic heterocycles. The van der Waals surface area contributed by atoms with Gasteiger partial charge in [-0.05, 0) is 38.5 Å². The third-order valence-corrected chi connectivity index (χ3v) is 4.76. The summed E-state index contributed by atoms with van der Waals surface area (Å²) in [6, 6.07) is 0. The Labute approximate surface area is 155 Å². The lowest BCUT2D eigenvalue weighted by Gasteiger charge is -2.00. The van der Waals surface area contributed by atoms with E-state index in [4.69, 9.17) is 0 Å². The molecule has 23 heavy (non-hydrogen) atoms. The Morgan fingerprint density at radius 1 is 0.478 bits per heavy atom. The molecule has 0 saturated heterocycles. The van der Waals surface area contributed by atoms with Crippen molar-refractivity contribution in [3.63, 3.8) is 0 Å². The van der Waals surface area contributed by atoms with Crippen LogP contribution in [0.5, 0.6) is 0 Å². The predicted molar refractivity (Wildman–Crippen MR) is 112 cm³/mol. The standard InChI is InChI=1S/C22H41Br/c1-2-3-4-5-6-7-8-9-10-11-12-13-14-15-16-17-18-19-20-21-22-23/h9-10,20-21H,2-8,11-19,22H2,1H3/b10-9-,21-20+. The van der Waals surface area contributed by atoms with E-state index in [0.717, 1.165) is 5.33 Å². The second-order valence-electron chi connectivity index (χ2n) is 6.71. The number of hydrogen-bond acceptors (Lipinski definition) is 0. The Kier molecular flexibility index (Phi) is 21.9. The lowest BCUT2D eigenvalue weighted by Crippen LogP contribution is -1.80. The summed E-state index contributed by atoms with van der Waals surface area (Å²) in [4.78, 5) is 0. The minimum atomic E-state index is 1.00. The maximum Gasteiger partial charge on any atom is 0.0212 e. The molecule has 0 aromatic rings. The van der Waals surface area contributed by atoms with Gasteiger partial charge in [-0.1, -0.05) is 111 Å². The molecular weight excluding hydrogens is 344 g/mol. The van der Waals surface area contributed by atoms with Crippen molar-refractivity contribution in [3.8, 4) is 0 Å². The topological polar surface area (TPSA) is 0 Å². The molecule has 1 heteroatoms. The Morgan fingerprint density at radius 2 is 0.826 bits per heavy atom. The molecule has 0 saturated carbocycles. The minimum absolute atomic E-state index is 1.00. The number of rotatable bonds is 18. The first-order valence-electron chi connectivity index (χ1n) is 10.3. The van der Waals surface area contributed by atoms with Crippen LogP contribution in [0.1, 0.15) is 110 Å². The van der Waals surface area contributed by atoms with Crippen LogP contribution in [-0.4, -0.2) is 5.33 Å². The number of allylic oxidation sites excluding steroid dienone is 4. The van der Waals surface area contributed by atoms with E-state index < -0.39 is 0 Å². The first kappa shape index (κ1) is 23.0. The molecule has 0 spiro atoms. The highest BCUT2D eigenvalue weighted by molar-refractivity contribution is 9.09. The molecule has 0 fully saturated rings. The van der Waals surface area contributed by atoms with E-state index in [0.29, 0.717) is 0 Å². The smallest absolute Gasteiger partial charge is 0.0212 e. The molecular formula is C22H41Br. The summed E-state index contributed by atoms with van der Waals surface area (Å²) in [5.74, 6) is 0. The lowest BCUT2D eigenvalue weighted by molar-refractivity contribution is 0.583. The second-order valence-corrected chi connectivity index (χ2v) is 7.35. The van der Waals surface area contributed by atoms with Crippen molar-refractivity contribution in [2.45, 2.75) is 110 Å². The Balaban J connectivity index is 3.06. The Bertz CT molecular complexity index is 255. The average molecular weight is 385 g/mol. The van der Waals surface area contributed by atoms with E-state index in [9.17, 15) is 0 Å². The fourth-order valence-corrected chi connectivity index (χ4v) is 3.13. The van der Waals surface area contributed by atoms with E-state index >= 15 is 0 Å². The van der Waals surface area contributed by atoms with Crippen LogP contribution in [0.4, 0.5) is 0 Å². The van der Waals surface area contributed by atoms with E-state index in [1.807, 2.05) is 0 Å². The van der Waals surface area contributed by atoms with Crippen molar-refractivity contribution in [1.82, 2.24) is 0 Å². The molecule has 0 aliphatic rings. The summed E-state index contributed by atoms with van der Waals surface area (Å²) in [5, 5.41) is 1.00. The SMILES string of the molecule is CCCCCCCC/C=C\CCCCCCCCC/C=C/CBr. The van der Waals surface area contributed by atoms with Crippen LogP contribution in [0.15, 0.2) is 24.3 Å². The predicted octanol–water partition coefficient (Wildman–Crippen LogP) is 8.76. The highest BCUT2D eigenvalue weighted by atomic mass is 79.9. The van der Waals surface area contributed by atoms with Crippen molar-refractivity contribution in [2.75, 3.05) is 5.33 Å². The Morgan fingerprint density at radius 3 is 1.22 bits per heavy atom. The molecule has 0 aromatic carbocycles. The molecule has 0 heterocycles. The number of hydrogen-bond donors (Lipinski definition) is 0. The zero-order valence-electron chi connectivity index (χ0n) is 15.7. The van der Waals surface area contributed by atoms with Gasteiger partial charge in [-0.3, -0.25) is 0 Å². The van der Waals surface area contributed by atoms with Crippen molar-refractivity contribution in [2.24, 2.45) is 0 Å². The normalized spacial score (nSPS) is 11.9. The van der Waals surface area contributed by atoms with Crippen LogP contribution in [0, 0.1) is 0 Å². The summed E-state index contributed by atoms with van der Waals surface area (Å²) in [6.45, 7) is 2.29. The second kappa shape index (κ2) is 22.0. The monoisotopic (exact) mass is 384 g/mol. The molecule has 0 rings (SSSR count). The largest absolute Gasteiger partial charge is 0.0885 e. The van der Waals surface area contributed by atoms with Crippen molar-refractivity contribution in [1.29, 1.82) is 0 Å².